The molecule has 29 heavy (non-hydrogen) atoms. The van der Waals surface area contributed by atoms with Gasteiger partial charge in [-0.05, 0) is 66.5 Å². The molecule has 0 radical (unpaired) electrons. The summed E-state index contributed by atoms with van der Waals surface area (Å²) < 4.78 is 9.95. The monoisotopic (exact) mass is 428 g/mol. The van der Waals surface area contributed by atoms with Gasteiger partial charge in [0.2, 0.25) is 0 Å². The molecule has 1 amide bonds. The number of esters is 1. The number of thioether (sulfide) groups is 1. The Morgan fingerprint density at radius 3 is 2.31 bits per heavy atom. The van der Waals surface area contributed by atoms with Gasteiger partial charge >= 0.3 is 5.97 Å². The Labute approximate surface area is 179 Å². The van der Waals surface area contributed by atoms with E-state index in [4.69, 9.17) is 21.7 Å². The first-order chi connectivity index (χ1) is 14.0. The van der Waals surface area contributed by atoms with Crippen LogP contribution in [0.25, 0.3) is 6.08 Å². The minimum Gasteiger partial charge on any atom is -0.497 e. The molecule has 150 valence electrons. The van der Waals surface area contributed by atoms with Crippen LogP contribution >= 0.6 is 24.0 Å². The van der Waals surface area contributed by atoms with Crippen LogP contribution in [0.2, 0.25) is 0 Å². The van der Waals surface area contributed by atoms with Crippen molar-refractivity contribution in [2.45, 2.75) is 4.90 Å². The number of amides is 1. The molecule has 1 saturated heterocycles. The number of hydrogen-bond acceptors (Lipinski definition) is 6. The summed E-state index contributed by atoms with van der Waals surface area (Å²) in [6.07, 6.45) is 3.72. The first-order valence-corrected chi connectivity index (χ1v) is 10.3. The van der Waals surface area contributed by atoms with Gasteiger partial charge in [-0.15, -0.1) is 11.8 Å². The van der Waals surface area contributed by atoms with E-state index in [0.29, 0.717) is 17.1 Å². The SMILES string of the molecule is COC(=O)CN1C(=S)N(c2ccc(OC)cc2)C(=O)/C1=C/c1ccc(SC)cc1. The van der Waals surface area contributed by atoms with Crippen molar-refractivity contribution in [1.82, 2.24) is 4.90 Å². The summed E-state index contributed by atoms with van der Waals surface area (Å²) in [4.78, 5) is 29.2. The summed E-state index contributed by atoms with van der Waals surface area (Å²) in [5.41, 5.74) is 1.74. The van der Waals surface area contributed by atoms with Crippen LogP contribution in [0.4, 0.5) is 5.69 Å². The number of hydrogen-bond donors (Lipinski definition) is 0. The van der Waals surface area contributed by atoms with Crippen LogP contribution in [0, 0.1) is 0 Å². The molecule has 3 rings (SSSR count). The summed E-state index contributed by atoms with van der Waals surface area (Å²) in [5.74, 6) is -0.124. The van der Waals surface area contributed by atoms with Crippen molar-refractivity contribution >= 4 is 52.7 Å². The van der Waals surface area contributed by atoms with Gasteiger partial charge in [0.1, 0.15) is 18.0 Å². The lowest BCUT2D eigenvalue weighted by Gasteiger charge is -2.19. The number of nitrogens with zero attached hydrogens (tertiary/aromatic N) is 2. The highest BCUT2D eigenvalue weighted by atomic mass is 32.2. The summed E-state index contributed by atoms with van der Waals surface area (Å²) in [7, 11) is 2.87. The van der Waals surface area contributed by atoms with Gasteiger partial charge in [-0.2, -0.15) is 0 Å². The number of ether oxygens (including phenoxy) is 2. The van der Waals surface area contributed by atoms with E-state index in [2.05, 4.69) is 0 Å². The molecule has 0 aromatic heterocycles. The Morgan fingerprint density at radius 2 is 1.76 bits per heavy atom. The third-order valence-corrected chi connectivity index (χ3v) is 5.55. The van der Waals surface area contributed by atoms with Gasteiger partial charge in [0.25, 0.3) is 5.91 Å². The maximum atomic E-state index is 13.2. The van der Waals surface area contributed by atoms with E-state index in [1.54, 1.807) is 49.2 Å². The first kappa shape index (κ1) is 20.9. The Hall–Kier alpha value is -2.84. The predicted molar refractivity (Wildman–Crippen MR) is 118 cm³/mol. The van der Waals surface area contributed by atoms with Gasteiger partial charge in [-0.1, -0.05) is 12.1 Å². The van der Waals surface area contributed by atoms with Crippen molar-refractivity contribution in [2.24, 2.45) is 0 Å². The largest absolute Gasteiger partial charge is 0.497 e. The minimum atomic E-state index is -0.486. The Balaban J connectivity index is 2.00. The average molecular weight is 429 g/mol. The van der Waals surface area contributed by atoms with Crippen LogP contribution < -0.4 is 9.64 Å². The highest BCUT2D eigenvalue weighted by molar-refractivity contribution is 7.98. The van der Waals surface area contributed by atoms with Gasteiger partial charge in [0, 0.05) is 4.90 Å². The quantitative estimate of drug-likeness (QED) is 0.302. The van der Waals surface area contributed by atoms with Crippen LogP contribution in [0.1, 0.15) is 5.56 Å². The molecular formula is C21H20N2O4S2. The number of carbonyl (C=O) groups excluding carboxylic acids is 2. The van der Waals surface area contributed by atoms with E-state index < -0.39 is 5.97 Å². The second kappa shape index (κ2) is 9.11. The molecule has 0 unspecified atom stereocenters. The second-order valence-corrected chi connectivity index (χ2v) is 7.33. The molecule has 0 bridgehead atoms. The lowest BCUT2D eigenvalue weighted by atomic mass is 10.2. The lowest BCUT2D eigenvalue weighted by Crippen LogP contribution is -2.35. The molecule has 6 nitrogen and oxygen atoms in total. The van der Waals surface area contributed by atoms with Crippen molar-refractivity contribution in [2.75, 3.05) is 31.9 Å². The summed E-state index contributed by atoms with van der Waals surface area (Å²) >= 11 is 7.16. The maximum Gasteiger partial charge on any atom is 0.325 e. The standard InChI is InChI=1S/C21H20N2O4S2/c1-26-16-8-6-15(7-9-16)23-20(25)18(22(21(23)28)13-19(24)27-2)12-14-4-10-17(29-3)11-5-14/h4-12H,13H2,1-3H3/b18-12-. The number of rotatable bonds is 6. The highest BCUT2D eigenvalue weighted by Crippen LogP contribution is 2.30. The van der Waals surface area contributed by atoms with Crippen molar-refractivity contribution in [3.05, 3.63) is 59.8 Å². The zero-order chi connectivity index (χ0) is 21.0. The van der Waals surface area contributed by atoms with Crippen LogP contribution in [0.3, 0.4) is 0 Å². The van der Waals surface area contributed by atoms with E-state index in [1.807, 2.05) is 30.5 Å². The fraction of sp³-hybridized carbons (Fsp3) is 0.190. The molecule has 2 aromatic rings. The van der Waals surface area contributed by atoms with E-state index in [1.165, 1.54) is 16.9 Å². The zero-order valence-corrected chi connectivity index (χ0v) is 17.9. The highest BCUT2D eigenvalue weighted by Gasteiger charge is 2.40. The first-order valence-electron chi connectivity index (χ1n) is 8.71. The van der Waals surface area contributed by atoms with Crippen molar-refractivity contribution in [1.29, 1.82) is 0 Å². The molecule has 2 aromatic carbocycles. The molecule has 0 atom stereocenters. The normalized spacial score (nSPS) is 15.2. The molecule has 1 fully saturated rings. The van der Waals surface area contributed by atoms with Crippen molar-refractivity contribution in [3.8, 4) is 5.75 Å². The van der Waals surface area contributed by atoms with E-state index in [9.17, 15) is 9.59 Å². The van der Waals surface area contributed by atoms with E-state index >= 15 is 0 Å². The maximum absolute atomic E-state index is 13.2. The van der Waals surface area contributed by atoms with Crippen LogP contribution in [-0.2, 0) is 14.3 Å². The summed E-state index contributed by atoms with van der Waals surface area (Å²) in [6.45, 7) is -0.150. The molecule has 1 heterocycles. The third-order valence-electron chi connectivity index (χ3n) is 4.40. The smallest absolute Gasteiger partial charge is 0.325 e. The second-order valence-electron chi connectivity index (χ2n) is 6.09. The molecular weight excluding hydrogens is 408 g/mol. The Bertz CT molecular complexity index is 956. The van der Waals surface area contributed by atoms with Gasteiger partial charge in [-0.3, -0.25) is 14.5 Å². The average Bonchev–Trinajstić information content (AvgIpc) is 2.98. The van der Waals surface area contributed by atoms with Crippen LogP contribution in [-0.4, -0.2) is 48.9 Å². The molecule has 0 aliphatic carbocycles. The zero-order valence-electron chi connectivity index (χ0n) is 16.2. The number of methoxy groups -OCH3 is 2. The molecule has 8 heteroatoms. The molecule has 1 aliphatic rings. The minimum absolute atomic E-state index is 0.150. The Morgan fingerprint density at radius 1 is 1.10 bits per heavy atom. The number of carbonyl (C=O) groups is 2. The topological polar surface area (TPSA) is 59.1 Å². The number of benzene rings is 2. The molecule has 0 saturated carbocycles. The number of thiocarbonyl (C=S) groups is 1. The van der Waals surface area contributed by atoms with Crippen molar-refractivity contribution < 1.29 is 19.1 Å². The number of anilines is 1. The predicted octanol–water partition coefficient (Wildman–Crippen LogP) is 3.56. The van der Waals surface area contributed by atoms with Crippen LogP contribution in [0.15, 0.2) is 59.1 Å². The molecule has 0 spiro atoms. The van der Waals surface area contributed by atoms with Crippen molar-refractivity contribution in [3.63, 3.8) is 0 Å². The lowest BCUT2D eigenvalue weighted by molar-refractivity contribution is -0.140. The summed E-state index contributed by atoms with van der Waals surface area (Å²) in [5, 5.41) is 0.220. The third kappa shape index (κ3) is 4.44. The van der Waals surface area contributed by atoms with E-state index in [-0.39, 0.29) is 17.6 Å². The van der Waals surface area contributed by atoms with Gasteiger partial charge in [0.05, 0.1) is 19.9 Å². The van der Waals surface area contributed by atoms with Gasteiger partial charge in [-0.25, -0.2) is 0 Å². The molecule has 1 aliphatic heterocycles. The van der Waals surface area contributed by atoms with Gasteiger partial charge < -0.3 is 14.4 Å². The fourth-order valence-corrected chi connectivity index (χ4v) is 3.60. The summed E-state index contributed by atoms with van der Waals surface area (Å²) in [6, 6.07) is 14.8. The Kier molecular flexibility index (Phi) is 6.56. The van der Waals surface area contributed by atoms with Crippen LogP contribution in [0.5, 0.6) is 5.75 Å². The van der Waals surface area contributed by atoms with E-state index in [0.717, 1.165) is 10.5 Å². The fourth-order valence-electron chi connectivity index (χ4n) is 2.84. The molecule has 0 N–H and O–H groups in total. The van der Waals surface area contributed by atoms with Gasteiger partial charge in [0.15, 0.2) is 5.11 Å².